The van der Waals surface area contributed by atoms with E-state index in [0.717, 1.165) is 5.92 Å². The maximum atomic E-state index is 3.27. The van der Waals surface area contributed by atoms with Crippen LogP contribution in [-0.4, -0.2) is 7.05 Å². The SMILES string of the molecule is CNC(C)c1ccc(C2CCCC2)cc1.Cl. The van der Waals surface area contributed by atoms with E-state index in [1.807, 2.05) is 7.05 Å². The summed E-state index contributed by atoms with van der Waals surface area (Å²) in [5, 5.41) is 3.27. The van der Waals surface area contributed by atoms with Crippen molar-refractivity contribution in [1.29, 1.82) is 0 Å². The third-order valence-corrected chi connectivity index (χ3v) is 3.70. The fraction of sp³-hybridized carbons (Fsp3) is 0.571. The maximum Gasteiger partial charge on any atom is 0.0289 e. The van der Waals surface area contributed by atoms with Gasteiger partial charge in [-0.1, -0.05) is 37.1 Å². The van der Waals surface area contributed by atoms with E-state index in [0.29, 0.717) is 6.04 Å². The molecule has 1 N–H and O–H groups in total. The second-order valence-corrected chi connectivity index (χ2v) is 4.66. The Balaban J connectivity index is 0.00000128. The zero-order valence-electron chi connectivity index (χ0n) is 10.2. The van der Waals surface area contributed by atoms with Crippen LogP contribution in [0.2, 0.25) is 0 Å². The molecule has 0 spiro atoms. The average molecular weight is 240 g/mol. The van der Waals surface area contributed by atoms with Crippen LogP contribution in [-0.2, 0) is 0 Å². The van der Waals surface area contributed by atoms with Crippen molar-refractivity contribution in [3.63, 3.8) is 0 Å². The first-order valence-corrected chi connectivity index (χ1v) is 6.08. The van der Waals surface area contributed by atoms with Crippen LogP contribution in [0.4, 0.5) is 0 Å². The van der Waals surface area contributed by atoms with E-state index in [9.17, 15) is 0 Å². The normalized spacial score (nSPS) is 18.1. The van der Waals surface area contributed by atoms with Gasteiger partial charge in [0.05, 0.1) is 0 Å². The number of rotatable bonds is 3. The van der Waals surface area contributed by atoms with Crippen molar-refractivity contribution in [3.8, 4) is 0 Å². The smallest absolute Gasteiger partial charge is 0.0289 e. The number of halogens is 1. The summed E-state index contributed by atoms with van der Waals surface area (Å²) in [7, 11) is 2.01. The van der Waals surface area contributed by atoms with Gasteiger partial charge in [-0.2, -0.15) is 0 Å². The van der Waals surface area contributed by atoms with Gasteiger partial charge in [0.15, 0.2) is 0 Å². The van der Waals surface area contributed by atoms with Gasteiger partial charge in [0, 0.05) is 6.04 Å². The minimum atomic E-state index is 0. The van der Waals surface area contributed by atoms with Crippen LogP contribution in [0.3, 0.4) is 0 Å². The number of hydrogen-bond donors (Lipinski definition) is 1. The summed E-state index contributed by atoms with van der Waals surface area (Å²) < 4.78 is 0. The van der Waals surface area contributed by atoms with E-state index in [1.54, 1.807) is 5.56 Å². The fourth-order valence-electron chi connectivity index (χ4n) is 2.48. The molecule has 0 saturated heterocycles. The molecule has 0 bridgehead atoms. The van der Waals surface area contributed by atoms with Crippen molar-refractivity contribution < 1.29 is 0 Å². The van der Waals surface area contributed by atoms with Crippen LogP contribution in [0, 0.1) is 0 Å². The summed E-state index contributed by atoms with van der Waals surface area (Å²) in [6.07, 6.45) is 5.61. The third kappa shape index (κ3) is 2.99. The molecule has 0 amide bonds. The van der Waals surface area contributed by atoms with Gasteiger partial charge >= 0.3 is 0 Å². The molecule has 2 heteroatoms. The number of benzene rings is 1. The first-order chi connectivity index (χ1) is 7.31. The van der Waals surface area contributed by atoms with Crippen molar-refractivity contribution >= 4 is 12.4 Å². The molecule has 90 valence electrons. The van der Waals surface area contributed by atoms with Gasteiger partial charge < -0.3 is 5.32 Å². The van der Waals surface area contributed by atoms with Gasteiger partial charge in [0.2, 0.25) is 0 Å². The third-order valence-electron chi connectivity index (χ3n) is 3.70. The van der Waals surface area contributed by atoms with Crippen LogP contribution in [0.15, 0.2) is 24.3 Å². The molecule has 1 fully saturated rings. The molecule has 1 aromatic carbocycles. The number of hydrogen-bond acceptors (Lipinski definition) is 1. The molecule has 1 aromatic rings. The van der Waals surface area contributed by atoms with Gasteiger partial charge in [0.25, 0.3) is 0 Å². The first-order valence-electron chi connectivity index (χ1n) is 6.08. The fourth-order valence-corrected chi connectivity index (χ4v) is 2.48. The van der Waals surface area contributed by atoms with Crippen LogP contribution in [0.25, 0.3) is 0 Å². The molecule has 0 aromatic heterocycles. The minimum absolute atomic E-state index is 0. The molecule has 0 heterocycles. The Bertz CT molecular complexity index is 301. The van der Waals surface area contributed by atoms with Gasteiger partial charge in [-0.15, -0.1) is 12.4 Å². The molecule has 0 aliphatic heterocycles. The van der Waals surface area contributed by atoms with Gasteiger partial charge in [-0.05, 0) is 43.9 Å². The predicted molar refractivity (Wildman–Crippen MR) is 72.4 cm³/mol. The van der Waals surface area contributed by atoms with Crippen molar-refractivity contribution in [2.24, 2.45) is 0 Å². The van der Waals surface area contributed by atoms with Crippen molar-refractivity contribution in [3.05, 3.63) is 35.4 Å². The Kier molecular flexibility index (Phi) is 5.30. The highest BCUT2D eigenvalue weighted by atomic mass is 35.5. The summed E-state index contributed by atoms with van der Waals surface area (Å²) in [5.74, 6) is 0.837. The largest absolute Gasteiger partial charge is 0.313 e. The highest BCUT2D eigenvalue weighted by Gasteiger charge is 2.16. The monoisotopic (exact) mass is 239 g/mol. The Morgan fingerprint density at radius 1 is 1.12 bits per heavy atom. The molecular formula is C14H22ClN. The predicted octanol–water partition coefficient (Wildman–Crippen LogP) is 4.05. The Morgan fingerprint density at radius 2 is 1.69 bits per heavy atom. The van der Waals surface area contributed by atoms with E-state index in [2.05, 4.69) is 36.5 Å². The van der Waals surface area contributed by atoms with E-state index in [1.165, 1.54) is 31.2 Å². The molecule has 1 atom stereocenters. The van der Waals surface area contributed by atoms with Crippen LogP contribution in [0.5, 0.6) is 0 Å². The number of nitrogens with one attached hydrogen (secondary N) is 1. The summed E-state index contributed by atoms with van der Waals surface area (Å²) in [5.41, 5.74) is 2.93. The molecule has 1 aliphatic carbocycles. The van der Waals surface area contributed by atoms with Crippen LogP contribution < -0.4 is 5.32 Å². The molecule has 1 unspecified atom stereocenters. The van der Waals surface area contributed by atoms with Gasteiger partial charge in [0.1, 0.15) is 0 Å². The lowest BCUT2D eigenvalue weighted by atomic mass is 9.95. The van der Waals surface area contributed by atoms with Crippen molar-refractivity contribution in [1.82, 2.24) is 5.32 Å². The molecule has 1 nitrogen and oxygen atoms in total. The van der Waals surface area contributed by atoms with Crippen LogP contribution >= 0.6 is 12.4 Å². The van der Waals surface area contributed by atoms with E-state index < -0.39 is 0 Å². The van der Waals surface area contributed by atoms with Crippen molar-refractivity contribution in [2.45, 2.75) is 44.6 Å². The van der Waals surface area contributed by atoms with Gasteiger partial charge in [-0.25, -0.2) is 0 Å². The zero-order valence-corrected chi connectivity index (χ0v) is 11.0. The Hall–Kier alpha value is -0.530. The standard InChI is InChI=1S/C14H21N.ClH/c1-11(15-2)12-7-9-14(10-8-12)13-5-3-4-6-13;/h7-11,13,15H,3-6H2,1-2H3;1H. The Morgan fingerprint density at radius 3 is 2.19 bits per heavy atom. The Labute approximate surface area is 105 Å². The minimum Gasteiger partial charge on any atom is -0.313 e. The van der Waals surface area contributed by atoms with E-state index in [-0.39, 0.29) is 12.4 Å². The molecule has 0 radical (unpaired) electrons. The van der Waals surface area contributed by atoms with Crippen LogP contribution in [0.1, 0.15) is 55.7 Å². The second kappa shape index (κ2) is 6.27. The van der Waals surface area contributed by atoms with E-state index in [4.69, 9.17) is 0 Å². The second-order valence-electron chi connectivity index (χ2n) is 4.66. The topological polar surface area (TPSA) is 12.0 Å². The summed E-state index contributed by atoms with van der Waals surface area (Å²) in [6, 6.07) is 9.64. The zero-order chi connectivity index (χ0) is 10.7. The molecule has 16 heavy (non-hydrogen) atoms. The molecule has 2 rings (SSSR count). The summed E-state index contributed by atoms with van der Waals surface area (Å²) >= 11 is 0. The first kappa shape index (κ1) is 13.5. The highest BCUT2D eigenvalue weighted by molar-refractivity contribution is 5.85. The lowest BCUT2D eigenvalue weighted by Gasteiger charge is -2.13. The quantitative estimate of drug-likeness (QED) is 0.839. The highest BCUT2D eigenvalue weighted by Crippen LogP contribution is 2.34. The summed E-state index contributed by atoms with van der Waals surface area (Å²) in [4.78, 5) is 0. The van der Waals surface area contributed by atoms with Gasteiger partial charge in [-0.3, -0.25) is 0 Å². The summed E-state index contributed by atoms with van der Waals surface area (Å²) in [6.45, 7) is 2.20. The molecule has 1 aliphatic rings. The molecule has 1 saturated carbocycles. The van der Waals surface area contributed by atoms with E-state index >= 15 is 0 Å². The lowest BCUT2D eigenvalue weighted by molar-refractivity contribution is 0.650. The lowest BCUT2D eigenvalue weighted by Crippen LogP contribution is -2.12. The van der Waals surface area contributed by atoms with Crippen molar-refractivity contribution in [2.75, 3.05) is 7.05 Å². The maximum absolute atomic E-state index is 3.27. The molecular weight excluding hydrogens is 218 g/mol. The average Bonchev–Trinajstić information content (AvgIpc) is 2.82.